The van der Waals surface area contributed by atoms with Crippen molar-refractivity contribution in [1.29, 1.82) is 0 Å². The molecule has 3 heteroatoms. The van der Waals surface area contributed by atoms with Gasteiger partial charge in [-0.15, -0.1) is 0 Å². The molecule has 1 aliphatic heterocycles. The zero-order chi connectivity index (χ0) is 14.0. The molecule has 1 fully saturated rings. The lowest BCUT2D eigenvalue weighted by Gasteiger charge is -2.17. The normalized spacial score (nSPS) is 21.9. The summed E-state index contributed by atoms with van der Waals surface area (Å²) in [6, 6.07) is 0. The van der Waals surface area contributed by atoms with Gasteiger partial charge in [0, 0.05) is 6.54 Å². The number of ether oxygens (including phenoxy) is 2. The van der Waals surface area contributed by atoms with E-state index >= 15 is 0 Å². The van der Waals surface area contributed by atoms with Crippen LogP contribution in [0.3, 0.4) is 0 Å². The second kappa shape index (κ2) is 9.73. The van der Waals surface area contributed by atoms with Crippen LogP contribution in [0.4, 0.5) is 0 Å². The van der Waals surface area contributed by atoms with Crippen LogP contribution < -0.4 is 5.32 Å². The van der Waals surface area contributed by atoms with Crippen LogP contribution in [0.15, 0.2) is 0 Å². The van der Waals surface area contributed by atoms with Crippen LogP contribution in [0.1, 0.15) is 72.1 Å². The molecule has 1 rings (SSSR count). The first kappa shape index (κ1) is 16.9. The van der Waals surface area contributed by atoms with Gasteiger partial charge >= 0.3 is 0 Å². The summed E-state index contributed by atoms with van der Waals surface area (Å²) in [5.74, 6) is -0.384. The number of hydrogen-bond acceptors (Lipinski definition) is 3. The van der Waals surface area contributed by atoms with E-state index in [0.717, 1.165) is 19.7 Å². The van der Waals surface area contributed by atoms with Crippen LogP contribution in [-0.2, 0) is 9.47 Å². The van der Waals surface area contributed by atoms with Gasteiger partial charge in [-0.1, -0.05) is 51.9 Å². The van der Waals surface area contributed by atoms with Crippen molar-refractivity contribution in [2.75, 3.05) is 19.7 Å². The van der Waals surface area contributed by atoms with E-state index in [9.17, 15) is 0 Å². The van der Waals surface area contributed by atoms with Gasteiger partial charge < -0.3 is 14.8 Å². The van der Waals surface area contributed by atoms with E-state index in [1.165, 1.54) is 51.4 Å². The molecule has 1 saturated heterocycles. The molecule has 1 unspecified atom stereocenters. The first-order valence-electron chi connectivity index (χ1n) is 8.16. The smallest absolute Gasteiger partial charge is 0.163 e. The molecule has 1 atom stereocenters. The molecule has 0 spiro atoms. The molecular formula is C16H33NO2. The van der Waals surface area contributed by atoms with Crippen molar-refractivity contribution in [1.82, 2.24) is 5.32 Å². The fourth-order valence-corrected chi connectivity index (χ4v) is 2.51. The highest BCUT2D eigenvalue weighted by atomic mass is 16.7. The van der Waals surface area contributed by atoms with E-state index in [2.05, 4.69) is 12.2 Å². The summed E-state index contributed by atoms with van der Waals surface area (Å²) in [5, 5.41) is 3.47. The minimum absolute atomic E-state index is 0.226. The van der Waals surface area contributed by atoms with Gasteiger partial charge in [-0.25, -0.2) is 0 Å². The first-order chi connectivity index (χ1) is 9.14. The standard InChI is InChI=1S/C16H33NO2/c1-4-5-6-7-8-9-10-11-12-17-13-15-14-18-16(2,3)19-15/h15,17H,4-14H2,1-3H3. The van der Waals surface area contributed by atoms with Gasteiger partial charge in [0.25, 0.3) is 0 Å². The average Bonchev–Trinajstić information content (AvgIpc) is 2.71. The van der Waals surface area contributed by atoms with Crippen LogP contribution in [0.25, 0.3) is 0 Å². The maximum absolute atomic E-state index is 5.75. The predicted molar refractivity (Wildman–Crippen MR) is 80.4 cm³/mol. The van der Waals surface area contributed by atoms with Crippen LogP contribution in [0, 0.1) is 0 Å². The largest absolute Gasteiger partial charge is 0.348 e. The monoisotopic (exact) mass is 271 g/mol. The molecule has 1 heterocycles. The third kappa shape index (κ3) is 8.61. The highest BCUT2D eigenvalue weighted by Gasteiger charge is 2.31. The average molecular weight is 271 g/mol. The molecule has 0 aromatic carbocycles. The van der Waals surface area contributed by atoms with Crippen molar-refractivity contribution >= 4 is 0 Å². The van der Waals surface area contributed by atoms with Crippen LogP contribution in [0.5, 0.6) is 0 Å². The lowest BCUT2D eigenvalue weighted by atomic mass is 10.1. The van der Waals surface area contributed by atoms with E-state index in [1.54, 1.807) is 0 Å². The third-order valence-corrected chi connectivity index (χ3v) is 3.65. The van der Waals surface area contributed by atoms with Gasteiger partial charge in [0.05, 0.1) is 12.7 Å². The summed E-state index contributed by atoms with van der Waals surface area (Å²) in [7, 11) is 0. The zero-order valence-electron chi connectivity index (χ0n) is 13.2. The summed E-state index contributed by atoms with van der Waals surface area (Å²) in [4.78, 5) is 0. The van der Waals surface area contributed by atoms with Crippen molar-refractivity contribution in [3.8, 4) is 0 Å². The highest BCUT2D eigenvalue weighted by molar-refractivity contribution is 4.72. The highest BCUT2D eigenvalue weighted by Crippen LogP contribution is 2.21. The van der Waals surface area contributed by atoms with E-state index in [4.69, 9.17) is 9.47 Å². The summed E-state index contributed by atoms with van der Waals surface area (Å²) < 4.78 is 11.3. The maximum Gasteiger partial charge on any atom is 0.163 e. The Morgan fingerprint density at radius 2 is 1.63 bits per heavy atom. The minimum atomic E-state index is -0.384. The fourth-order valence-electron chi connectivity index (χ4n) is 2.51. The molecule has 1 aliphatic rings. The topological polar surface area (TPSA) is 30.5 Å². The molecule has 1 N–H and O–H groups in total. The minimum Gasteiger partial charge on any atom is -0.348 e. The van der Waals surface area contributed by atoms with E-state index < -0.39 is 0 Å². The van der Waals surface area contributed by atoms with E-state index in [1.807, 2.05) is 13.8 Å². The molecule has 3 nitrogen and oxygen atoms in total. The molecule has 19 heavy (non-hydrogen) atoms. The predicted octanol–water partition coefficient (Wildman–Crippen LogP) is 3.87. The Morgan fingerprint density at radius 1 is 1.00 bits per heavy atom. The number of nitrogens with one attached hydrogen (secondary N) is 1. The molecule has 114 valence electrons. The molecule has 0 amide bonds. The van der Waals surface area contributed by atoms with Crippen LogP contribution >= 0.6 is 0 Å². The van der Waals surface area contributed by atoms with Crippen molar-refractivity contribution in [2.24, 2.45) is 0 Å². The Bertz CT molecular complexity index is 219. The maximum atomic E-state index is 5.75. The SMILES string of the molecule is CCCCCCCCCCNCC1COC(C)(C)O1. The van der Waals surface area contributed by atoms with Crippen molar-refractivity contribution in [3.05, 3.63) is 0 Å². The molecular weight excluding hydrogens is 238 g/mol. The molecule has 0 bridgehead atoms. The van der Waals surface area contributed by atoms with Crippen LogP contribution in [-0.4, -0.2) is 31.6 Å². The second-order valence-electron chi connectivity index (χ2n) is 6.13. The van der Waals surface area contributed by atoms with Gasteiger partial charge in [0.1, 0.15) is 0 Å². The second-order valence-corrected chi connectivity index (χ2v) is 6.13. The van der Waals surface area contributed by atoms with Gasteiger partial charge in [0.2, 0.25) is 0 Å². The number of hydrogen-bond donors (Lipinski definition) is 1. The number of rotatable bonds is 11. The summed E-state index contributed by atoms with van der Waals surface area (Å²) in [6.45, 7) is 8.97. The Morgan fingerprint density at radius 3 is 2.21 bits per heavy atom. The summed E-state index contributed by atoms with van der Waals surface area (Å²) in [5.41, 5.74) is 0. The Balaban J connectivity index is 1.79. The molecule has 0 aliphatic carbocycles. The Labute approximate surface area is 119 Å². The molecule has 0 aromatic heterocycles. The fraction of sp³-hybridized carbons (Fsp3) is 1.00. The molecule has 0 aromatic rings. The lowest BCUT2D eigenvalue weighted by Crippen LogP contribution is -2.31. The van der Waals surface area contributed by atoms with Gasteiger partial charge in [-0.2, -0.15) is 0 Å². The van der Waals surface area contributed by atoms with E-state index in [0.29, 0.717) is 0 Å². The Hall–Kier alpha value is -0.120. The summed E-state index contributed by atoms with van der Waals surface area (Å²) >= 11 is 0. The number of unbranched alkanes of at least 4 members (excludes halogenated alkanes) is 7. The van der Waals surface area contributed by atoms with Gasteiger partial charge in [0.15, 0.2) is 5.79 Å². The van der Waals surface area contributed by atoms with Gasteiger partial charge in [-0.05, 0) is 26.8 Å². The third-order valence-electron chi connectivity index (χ3n) is 3.65. The van der Waals surface area contributed by atoms with Gasteiger partial charge in [-0.3, -0.25) is 0 Å². The molecule has 0 radical (unpaired) electrons. The lowest BCUT2D eigenvalue weighted by molar-refractivity contribution is -0.137. The van der Waals surface area contributed by atoms with Crippen molar-refractivity contribution in [3.63, 3.8) is 0 Å². The Kier molecular flexibility index (Phi) is 8.67. The van der Waals surface area contributed by atoms with E-state index in [-0.39, 0.29) is 11.9 Å². The summed E-state index contributed by atoms with van der Waals surface area (Å²) in [6.07, 6.45) is 11.2. The molecule has 0 saturated carbocycles. The van der Waals surface area contributed by atoms with Crippen LogP contribution in [0.2, 0.25) is 0 Å². The first-order valence-corrected chi connectivity index (χ1v) is 8.16. The van der Waals surface area contributed by atoms with Crippen molar-refractivity contribution < 1.29 is 9.47 Å². The van der Waals surface area contributed by atoms with Crippen molar-refractivity contribution in [2.45, 2.75) is 84.0 Å². The zero-order valence-corrected chi connectivity index (χ0v) is 13.2. The quantitative estimate of drug-likeness (QED) is 0.579.